The van der Waals surface area contributed by atoms with Crippen LogP contribution < -0.4 is 10.6 Å². The Morgan fingerprint density at radius 3 is 2.50 bits per heavy atom. The van der Waals surface area contributed by atoms with Crippen LogP contribution in [0.5, 0.6) is 0 Å². The third-order valence-electron chi connectivity index (χ3n) is 3.92. The summed E-state index contributed by atoms with van der Waals surface area (Å²) in [5.41, 5.74) is 0. The fourth-order valence-corrected chi connectivity index (χ4v) is 3.06. The van der Waals surface area contributed by atoms with E-state index in [1.165, 1.54) is 45.3 Å². The van der Waals surface area contributed by atoms with Gasteiger partial charge in [-0.05, 0) is 63.2 Å². The van der Waals surface area contributed by atoms with Gasteiger partial charge in [0.25, 0.3) is 0 Å². The summed E-state index contributed by atoms with van der Waals surface area (Å²) < 4.78 is 0. The quantitative estimate of drug-likeness (QED) is 0.605. The Morgan fingerprint density at radius 1 is 1.07 bits per heavy atom. The van der Waals surface area contributed by atoms with E-state index in [2.05, 4.69) is 17.6 Å². The topological polar surface area (TPSA) is 24.1 Å². The van der Waals surface area contributed by atoms with Crippen LogP contribution in [-0.4, -0.2) is 26.2 Å². The van der Waals surface area contributed by atoms with Crippen LogP contribution in [0.3, 0.4) is 0 Å². The van der Waals surface area contributed by atoms with Gasteiger partial charge in [-0.3, -0.25) is 0 Å². The van der Waals surface area contributed by atoms with E-state index in [1.807, 2.05) is 0 Å². The fourth-order valence-electron chi connectivity index (χ4n) is 3.06. The zero-order chi connectivity index (χ0) is 9.80. The molecule has 2 nitrogen and oxygen atoms in total. The van der Waals surface area contributed by atoms with E-state index < -0.39 is 0 Å². The van der Waals surface area contributed by atoms with Crippen LogP contribution in [0.1, 0.15) is 32.6 Å². The minimum absolute atomic E-state index is 1.06. The molecule has 2 saturated carbocycles. The van der Waals surface area contributed by atoms with E-state index in [0.29, 0.717) is 0 Å². The first-order chi connectivity index (χ1) is 6.93. The highest BCUT2D eigenvalue weighted by Gasteiger charge is 2.51. The zero-order valence-electron chi connectivity index (χ0n) is 9.39. The molecule has 2 fully saturated rings. The van der Waals surface area contributed by atoms with Gasteiger partial charge in [0.05, 0.1) is 0 Å². The van der Waals surface area contributed by atoms with E-state index in [0.717, 1.165) is 24.3 Å². The van der Waals surface area contributed by atoms with Crippen molar-refractivity contribution in [3.8, 4) is 0 Å². The number of fused-ring (bicyclic) bond motifs is 1. The Labute approximate surface area is 87.8 Å². The second kappa shape index (κ2) is 5.13. The average molecular weight is 196 g/mol. The lowest BCUT2D eigenvalue weighted by Gasteiger charge is -2.06. The van der Waals surface area contributed by atoms with E-state index in [1.54, 1.807) is 0 Å². The summed E-state index contributed by atoms with van der Waals surface area (Å²) in [4.78, 5) is 0. The number of rotatable bonds is 7. The Balaban J connectivity index is 1.41. The van der Waals surface area contributed by atoms with Crippen LogP contribution in [0.15, 0.2) is 0 Å². The number of hydrogen-bond acceptors (Lipinski definition) is 2. The minimum atomic E-state index is 1.06. The van der Waals surface area contributed by atoms with Crippen LogP contribution in [-0.2, 0) is 0 Å². The van der Waals surface area contributed by atoms with Gasteiger partial charge in [0.1, 0.15) is 0 Å². The predicted molar refractivity (Wildman–Crippen MR) is 60.4 cm³/mol. The number of hydrogen-bond donors (Lipinski definition) is 2. The molecule has 82 valence electrons. The van der Waals surface area contributed by atoms with E-state index >= 15 is 0 Å². The largest absolute Gasteiger partial charge is 0.317 e. The summed E-state index contributed by atoms with van der Waals surface area (Å²) >= 11 is 0. The zero-order valence-corrected chi connectivity index (χ0v) is 9.39. The summed E-state index contributed by atoms with van der Waals surface area (Å²) in [5, 5.41) is 6.95. The summed E-state index contributed by atoms with van der Waals surface area (Å²) in [6.45, 7) is 6.93. The average Bonchev–Trinajstić information content (AvgIpc) is 2.64. The molecular weight excluding hydrogens is 172 g/mol. The van der Waals surface area contributed by atoms with Gasteiger partial charge in [-0.1, -0.05) is 13.3 Å². The molecule has 2 rings (SSSR count). The normalized spacial score (nSPS) is 34.5. The van der Waals surface area contributed by atoms with Crippen molar-refractivity contribution in [2.45, 2.75) is 32.6 Å². The van der Waals surface area contributed by atoms with Crippen LogP contribution in [0.25, 0.3) is 0 Å². The van der Waals surface area contributed by atoms with Crippen molar-refractivity contribution >= 4 is 0 Å². The molecule has 2 heteroatoms. The molecule has 0 spiro atoms. The maximum atomic E-state index is 3.59. The van der Waals surface area contributed by atoms with Gasteiger partial charge < -0.3 is 10.6 Å². The Hall–Kier alpha value is -0.0800. The molecule has 0 aromatic heterocycles. The molecule has 0 amide bonds. The minimum Gasteiger partial charge on any atom is -0.317 e. The molecule has 0 heterocycles. The van der Waals surface area contributed by atoms with Gasteiger partial charge in [-0.25, -0.2) is 0 Å². The Morgan fingerprint density at radius 2 is 1.79 bits per heavy atom. The lowest BCUT2D eigenvalue weighted by Crippen LogP contribution is -2.24. The molecule has 2 aliphatic carbocycles. The standard InChI is InChI=1S/C12H24N2/c1-2-13-7-4-8-14-9-12-10-5-3-6-11(10)12/h10-14H,2-9H2,1H3. The molecule has 0 aromatic carbocycles. The van der Waals surface area contributed by atoms with Gasteiger partial charge in [0.2, 0.25) is 0 Å². The Bertz CT molecular complexity index is 160. The lowest BCUT2D eigenvalue weighted by molar-refractivity contribution is 0.521. The summed E-state index contributed by atoms with van der Waals surface area (Å²) in [5.74, 6) is 3.30. The molecular formula is C12H24N2. The molecule has 14 heavy (non-hydrogen) atoms. The van der Waals surface area contributed by atoms with E-state index in [9.17, 15) is 0 Å². The SMILES string of the molecule is CCNCCCNCC1C2CCCC21. The highest BCUT2D eigenvalue weighted by molar-refractivity contribution is 5.01. The molecule has 2 aliphatic rings. The monoisotopic (exact) mass is 196 g/mol. The first-order valence-electron chi connectivity index (χ1n) is 6.35. The number of nitrogens with one attached hydrogen (secondary N) is 2. The first-order valence-corrected chi connectivity index (χ1v) is 6.35. The van der Waals surface area contributed by atoms with Gasteiger partial charge in [-0.15, -0.1) is 0 Å². The molecule has 0 aliphatic heterocycles. The highest BCUT2D eigenvalue weighted by Crippen LogP contribution is 2.56. The molecule has 0 aromatic rings. The maximum Gasteiger partial charge on any atom is -0.00150 e. The van der Waals surface area contributed by atoms with Crippen LogP contribution in [0, 0.1) is 17.8 Å². The summed E-state index contributed by atoms with van der Waals surface area (Å²) in [6.07, 6.45) is 5.82. The van der Waals surface area contributed by atoms with Crippen molar-refractivity contribution in [1.29, 1.82) is 0 Å². The second-order valence-electron chi connectivity index (χ2n) is 4.83. The summed E-state index contributed by atoms with van der Waals surface area (Å²) in [7, 11) is 0. The van der Waals surface area contributed by atoms with Crippen LogP contribution in [0.4, 0.5) is 0 Å². The molecule has 2 atom stereocenters. The first kappa shape index (κ1) is 10.4. The van der Waals surface area contributed by atoms with Crippen molar-refractivity contribution < 1.29 is 0 Å². The van der Waals surface area contributed by atoms with Crippen LogP contribution >= 0.6 is 0 Å². The van der Waals surface area contributed by atoms with Crippen molar-refractivity contribution in [2.75, 3.05) is 26.2 Å². The molecule has 0 radical (unpaired) electrons. The molecule has 0 bridgehead atoms. The van der Waals surface area contributed by atoms with Gasteiger partial charge in [0, 0.05) is 0 Å². The van der Waals surface area contributed by atoms with Crippen molar-refractivity contribution in [2.24, 2.45) is 17.8 Å². The van der Waals surface area contributed by atoms with Crippen molar-refractivity contribution in [3.05, 3.63) is 0 Å². The van der Waals surface area contributed by atoms with E-state index in [4.69, 9.17) is 0 Å². The van der Waals surface area contributed by atoms with E-state index in [-0.39, 0.29) is 0 Å². The predicted octanol–water partition coefficient (Wildman–Crippen LogP) is 1.62. The van der Waals surface area contributed by atoms with Gasteiger partial charge in [0.15, 0.2) is 0 Å². The van der Waals surface area contributed by atoms with Gasteiger partial charge >= 0.3 is 0 Å². The summed E-state index contributed by atoms with van der Waals surface area (Å²) in [6, 6.07) is 0. The highest BCUT2D eigenvalue weighted by atomic mass is 14.9. The molecule has 2 unspecified atom stereocenters. The van der Waals surface area contributed by atoms with Crippen molar-refractivity contribution in [3.63, 3.8) is 0 Å². The lowest BCUT2D eigenvalue weighted by atomic mass is 10.1. The second-order valence-corrected chi connectivity index (χ2v) is 4.83. The molecule has 2 N–H and O–H groups in total. The third kappa shape index (κ3) is 2.48. The smallest absolute Gasteiger partial charge is 0.00150 e. The Kier molecular flexibility index (Phi) is 3.82. The molecule has 0 saturated heterocycles. The van der Waals surface area contributed by atoms with Gasteiger partial charge in [-0.2, -0.15) is 0 Å². The van der Waals surface area contributed by atoms with Crippen molar-refractivity contribution in [1.82, 2.24) is 10.6 Å². The fraction of sp³-hybridized carbons (Fsp3) is 1.00. The third-order valence-corrected chi connectivity index (χ3v) is 3.92. The maximum absolute atomic E-state index is 3.59. The van der Waals surface area contributed by atoms with Crippen LogP contribution in [0.2, 0.25) is 0 Å².